The van der Waals surface area contributed by atoms with E-state index < -0.39 is 11.5 Å². The number of amides is 1. The fourth-order valence-corrected chi connectivity index (χ4v) is 3.89. The summed E-state index contributed by atoms with van der Waals surface area (Å²) < 4.78 is 10.7. The zero-order chi connectivity index (χ0) is 19.3. The Bertz CT molecular complexity index is 797. The number of hydrogen-bond acceptors (Lipinski definition) is 6. The molecule has 1 aliphatic rings. The molecule has 1 unspecified atom stereocenters. The van der Waals surface area contributed by atoms with Gasteiger partial charge in [-0.25, -0.2) is 4.98 Å². The predicted octanol–water partition coefficient (Wildman–Crippen LogP) is 2.50. The Balaban J connectivity index is 1.63. The number of ether oxygens (including phenoxy) is 2. The lowest BCUT2D eigenvalue weighted by atomic mass is 9.94. The Morgan fingerprint density at radius 2 is 2.15 bits per heavy atom. The van der Waals surface area contributed by atoms with Crippen molar-refractivity contribution in [3.63, 3.8) is 0 Å². The van der Waals surface area contributed by atoms with Gasteiger partial charge in [0, 0.05) is 17.6 Å². The Kier molecular flexibility index (Phi) is 6.08. The molecule has 1 aliphatic heterocycles. The molecule has 1 saturated heterocycles. The number of carbonyl (C=O) groups excluding carboxylic acids is 1. The van der Waals surface area contributed by atoms with Crippen LogP contribution in [0.15, 0.2) is 29.6 Å². The van der Waals surface area contributed by atoms with Crippen molar-refractivity contribution in [3.05, 3.63) is 35.3 Å². The van der Waals surface area contributed by atoms with Crippen molar-refractivity contribution in [3.8, 4) is 16.3 Å². The van der Waals surface area contributed by atoms with Crippen molar-refractivity contribution in [2.45, 2.75) is 31.7 Å². The number of rotatable bonds is 8. The number of hydrogen-bond donors (Lipinski definition) is 2. The molecule has 27 heavy (non-hydrogen) atoms. The molecule has 1 aromatic carbocycles. The molecule has 7 nitrogen and oxygen atoms in total. The first kappa shape index (κ1) is 19.3. The smallest absolute Gasteiger partial charge is 0.305 e. The van der Waals surface area contributed by atoms with Crippen LogP contribution in [0.1, 0.15) is 25.5 Å². The lowest BCUT2D eigenvalue weighted by Crippen LogP contribution is -2.51. The molecule has 2 N–H and O–H groups in total. The standard InChI is InChI=1S/C19H22N2O5S/c1-2-26-15-5-3-13(4-6-15)18-20-14(11-27-18)9-16(22)21-19(10-17(23)24)7-8-25-12-19/h3-6,11H,2,7-10,12H2,1H3,(H,21,22)(H,23,24). The third kappa shape index (κ3) is 5.05. The van der Waals surface area contributed by atoms with Crippen LogP contribution in [0.25, 0.3) is 10.6 Å². The van der Waals surface area contributed by atoms with Gasteiger partial charge in [0.05, 0.1) is 37.3 Å². The number of aromatic nitrogens is 1. The summed E-state index contributed by atoms with van der Waals surface area (Å²) in [5, 5.41) is 14.6. The lowest BCUT2D eigenvalue weighted by molar-refractivity contribution is -0.139. The average Bonchev–Trinajstić information content (AvgIpc) is 3.25. The van der Waals surface area contributed by atoms with Gasteiger partial charge in [0.25, 0.3) is 0 Å². The molecular weight excluding hydrogens is 368 g/mol. The molecule has 8 heteroatoms. The average molecular weight is 390 g/mol. The SMILES string of the molecule is CCOc1ccc(-c2nc(CC(=O)NC3(CC(=O)O)CCOC3)cs2)cc1. The highest BCUT2D eigenvalue weighted by atomic mass is 32.1. The maximum Gasteiger partial charge on any atom is 0.305 e. The molecule has 0 aliphatic carbocycles. The number of carbonyl (C=O) groups is 2. The van der Waals surface area contributed by atoms with E-state index in [-0.39, 0.29) is 25.4 Å². The van der Waals surface area contributed by atoms with Gasteiger partial charge in [0.1, 0.15) is 10.8 Å². The second kappa shape index (κ2) is 8.49. The zero-order valence-corrected chi connectivity index (χ0v) is 15.9. The largest absolute Gasteiger partial charge is 0.494 e. The molecule has 3 rings (SSSR count). The van der Waals surface area contributed by atoms with E-state index in [0.717, 1.165) is 16.3 Å². The fourth-order valence-electron chi connectivity index (χ4n) is 3.06. The molecule has 1 atom stereocenters. The first-order valence-electron chi connectivity index (χ1n) is 8.78. The fraction of sp³-hybridized carbons (Fsp3) is 0.421. The van der Waals surface area contributed by atoms with Gasteiger partial charge in [-0.2, -0.15) is 0 Å². The quantitative estimate of drug-likeness (QED) is 0.719. The van der Waals surface area contributed by atoms with Gasteiger partial charge >= 0.3 is 5.97 Å². The normalized spacial score (nSPS) is 19.0. The van der Waals surface area contributed by atoms with Crippen LogP contribution in [0.5, 0.6) is 5.75 Å². The molecule has 144 valence electrons. The summed E-state index contributed by atoms with van der Waals surface area (Å²) in [5.41, 5.74) is 0.795. The predicted molar refractivity (Wildman–Crippen MR) is 101 cm³/mol. The highest BCUT2D eigenvalue weighted by molar-refractivity contribution is 7.13. The van der Waals surface area contributed by atoms with E-state index in [9.17, 15) is 9.59 Å². The number of nitrogens with zero attached hydrogens (tertiary/aromatic N) is 1. The van der Waals surface area contributed by atoms with E-state index in [2.05, 4.69) is 10.3 Å². The first-order valence-corrected chi connectivity index (χ1v) is 9.66. The van der Waals surface area contributed by atoms with Gasteiger partial charge in [-0.3, -0.25) is 9.59 Å². The van der Waals surface area contributed by atoms with Gasteiger partial charge in [-0.05, 0) is 37.6 Å². The minimum atomic E-state index is -0.952. The highest BCUT2D eigenvalue weighted by Gasteiger charge is 2.38. The van der Waals surface area contributed by atoms with Crippen LogP contribution in [0.3, 0.4) is 0 Å². The van der Waals surface area contributed by atoms with Crippen molar-refractivity contribution in [1.29, 1.82) is 0 Å². The Hall–Kier alpha value is -2.45. The third-order valence-corrected chi connectivity index (χ3v) is 5.24. The van der Waals surface area contributed by atoms with E-state index in [1.54, 1.807) is 0 Å². The second-order valence-electron chi connectivity index (χ2n) is 6.48. The minimum absolute atomic E-state index is 0.106. The maximum atomic E-state index is 12.4. The van der Waals surface area contributed by atoms with Gasteiger partial charge in [0.15, 0.2) is 0 Å². The highest BCUT2D eigenvalue weighted by Crippen LogP contribution is 2.27. The summed E-state index contributed by atoms with van der Waals surface area (Å²) in [6, 6.07) is 7.65. The van der Waals surface area contributed by atoms with E-state index in [1.165, 1.54) is 11.3 Å². The first-order chi connectivity index (χ1) is 13.0. The minimum Gasteiger partial charge on any atom is -0.494 e. The number of carboxylic acid groups (broad SMARTS) is 1. The van der Waals surface area contributed by atoms with Crippen LogP contribution < -0.4 is 10.1 Å². The number of carboxylic acids is 1. The van der Waals surface area contributed by atoms with Gasteiger partial charge in [-0.1, -0.05) is 0 Å². The lowest BCUT2D eigenvalue weighted by Gasteiger charge is -2.26. The van der Waals surface area contributed by atoms with E-state index in [4.69, 9.17) is 14.6 Å². The summed E-state index contributed by atoms with van der Waals surface area (Å²) >= 11 is 1.47. The molecule has 0 saturated carbocycles. The molecule has 0 spiro atoms. The van der Waals surface area contributed by atoms with E-state index >= 15 is 0 Å². The van der Waals surface area contributed by atoms with Gasteiger partial charge < -0.3 is 19.9 Å². The number of thiazole rings is 1. The maximum absolute atomic E-state index is 12.4. The van der Waals surface area contributed by atoms with E-state index in [1.807, 2.05) is 36.6 Å². The van der Waals surface area contributed by atoms with E-state index in [0.29, 0.717) is 25.3 Å². The second-order valence-corrected chi connectivity index (χ2v) is 7.34. The van der Waals surface area contributed by atoms with Crippen LogP contribution in [0.4, 0.5) is 0 Å². The topological polar surface area (TPSA) is 97.8 Å². The monoisotopic (exact) mass is 390 g/mol. The van der Waals surface area contributed by atoms with Crippen LogP contribution in [0.2, 0.25) is 0 Å². The molecule has 0 radical (unpaired) electrons. The molecule has 1 aromatic heterocycles. The van der Waals surface area contributed by atoms with Crippen molar-refractivity contribution < 1.29 is 24.2 Å². The summed E-state index contributed by atoms with van der Waals surface area (Å²) in [5.74, 6) is -0.391. The van der Waals surface area contributed by atoms with Gasteiger partial charge in [0.2, 0.25) is 5.91 Å². The Morgan fingerprint density at radius 3 is 2.78 bits per heavy atom. The van der Waals surface area contributed by atoms with Crippen LogP contribution in [0, 0.1) is 0 Å². The van der Waals surface area contributed by atoms with Crippen molar-refractivity contribution >= 4 is 23.2 Å². The number of nitrogens with one attached hydrogen (secondary N) is 1. The summed E-state index contributed by atoms with van der Waals surface area (Å²) in [6.07, 6.45) is 0.460. The number of aliphatic carboxylic acids is 1. The summed E-state index contributed by atoms with van der Waals surface area (Å²) in [6.45, 7) is 3.22. The van der Waals surface area contributed by atoms with Crippen LogP contribution in [-0.4, -0.2) is 47.3 Å². The Morgan fingerprint density at radius 1 is 1.37 bits per heavy atom. The molecule has 2 heterocycles. The molecule has 1 amide bonds. The number of benzene rings is 1. The van der Waals surface area contributed by atoms with Crippen molar-refractivity contribution in [1.82, 2.24) is 10.3 Å². The van der Waals surface area contributed by atoms with Crippen molar-refractivity contribution in [2.75, 3.05) is 19.8 Å². The van der Waals surface area contributed by atoms with Gasteiger partial charge in [-0.15, -0.1) is 11.3 Å². The summed E-state index contributed by atoms with van der Waals surface area (Å²) in [4.78, 5) is 28.0. The zero-order valence-electron chi connectivity index (χ0n) is 15.1. The Labute approximate surface area is 161 Å². The molecular formula is C19H22N2O5S. The summed E-state index contributed by atoms with van der Waals surface area (Å²) in [7, 11) is 0. The van der Waals surface area contributed by atoms with Crippen molar-refractivity contribution in [2.24, 2.45) is 0 Å². The van der Waals surface area contributed by atoms with Crippen LogP contribution in [-0.2, 0) is 20.7 Å². The molecule has 2 aromatic rings. The van der Waals surface area contributed by atoms with Crippen LogP contribution >= 0.6 is 11.3 Å². The molecule has 1 fully saturated rings. The third-order valence-electron chi connectivity index (χ3n) is 4.30. The molecule has 0 bridgehead atoms.